The molecule has 172 valence electrons. The molecule has 0 aromatic heterocycles. The van der Waals surface area contributed by atoms with Gasteiger partial charge in [0, 0.05) is 49.7 Å². The maximum absolute atomic E-state index is 12.7. The Bertz CT molecular complexity index is 1050. The fourth-order valence-corrected chi connectivity index (χ4v) is 4.05. The van der Waals surface area contributed by atoms with Crippen LogP contribution < -0.4 is 19.7 Å². The van der Waals surface area contributed by atoms with Gasteiger partial charge in [0.2, 0.25) is 0 Å². The average molecular weight is 446 g/mol. The Balaban J connectivity index is 1.32. The number of nitrogens with one attached hydrogen (secondary N) is 1. The molecule has 1 N–H and O–H groups in total. The predicted molar refractivity (Wildman–Crippen MR) is 132 cm³/mol. The third kappa shape index (κ3) is 5.84. The number of methoxy groups -OCH3 is 1. The highest BCUT2D eigenvalue weighted by Gasteiger charge is 2.17. The van der Waals surface area contributed by atoms with E-state index in [-0.39, 0.29) is 5.91 Å². The molecule has 0 bridgehead atoms. The van der Waals surface area contributed by atoms with Crippen LogP contribution in [0.3, 0.4) is 0 Å². The molecule has 3 aromatic carbocycles. The summed E-state index contributed by atoms with van der Waals surface area (Å²) in [6.07, 6.45) is 0. The number of piperazine rings is 1. The van der Waals surface area contributed by atoms with Gasteiger partial charge in [0.15, 0.2) is 11.5 Å². The Morgan fingerprint density at radius 2 is 1.64 bits per heavy atom. The number of anilines is 2. The molecule has 33 heavy (non-hydrogen) atoms. The Hall–Kier alpha value is -3.51. The molecular weight excluding hydrogens is 414 g/mol. The molecule has 1 aliphatic heterocycles. The SMILES string of the molecule is CCOc1cc(C(=O)Nc2ccc(N3CCN(Cc4ccccc4)CC3)cc2)ccc1OC. The maximum Gasteiger partial charge on any atom is 0.255 e. The number of carbonyl (C=O) groups is 1. The van der Waals surface area contributed by atoms with E-state index < -0.39 is 0 Å². The van der Waals surface area contributed by atoms with E-state index in [1.165, 1.54) is 11.3 Å². The third-order valence-electron chi connectivity index (χ3n) is 5.84. The summed E-state index contributed by atoms with van der Waals surface area (Å²) in [4.78, 5) is 17.6. The van der Waals surface area contributed by atoms with Crippen molar-refractivity contribution in [3.8, 4) is 11.5 Å². The Labute approximate surface area is 195 Å². The first-order valence-electron chi connectivity index (χ1n) is 11.4. The lowest BCUT2D eigenvalue weighted by Gasteiger charge is -2.36. The van der Waals surface area contributed by atoms with E-state index in [1.807, 2.05) is 19.1 Å². The van der Waals surface area contributed by atoms with Gasteiger partial charge in [0.1, 0.15) is 0 Å². The highest BCUT2D eigenvalue weighted by Crippen LogP contribution is 2.28. The highest BCUT2D eigenvalue weighted by atomic mass is 16.5. The highest BCUT2D eigenvalue weighted by molar-refractivity contribution is 6.04. The van der Waals surface area contributed by atoms with E-state index in [2.05, 4.69) is 57.6 Å². The summed E-state index contributed by atoms with van der Waals surface area (Å²) in [5.41, 5.74) is 3.82. The number of benzene rings is 3. The van der Waals surface area contributed by atoms with E-state index in [0.29, 0.717) is 23.7 Å². The number of hydrogen-bond donors (Lipinski definition) is 1. The molecule has 6 heteroatoms. The minimum Gasteiger partial charge on any atom is -0.493 e. The van der Waals surface area contributed by atoms with Crippen molar-refractivity contribution in [2.24, 2.45) is 0 Å². The second-order valence-corrected chi connectivity index (χ2v) is 8.05. The summed E-state index contributed by atoms with van der Waals surface area (Å²) in [7, 11) is 1.59. The molecule has 1 fully saturated rings. The van der Waals surface area contributed by atoms with Crippen LogP contribution in [0.1, 0.15) is 22.8 Å². The van der Waals surface area contributed by atoms with E-state index in [1.54, 1.807) is 25.3 Å². The molecule has 6 nitrogen and oxygen atoms in total. The van der Waals surface area contributed by atoms with Crippen molar-refractivity contribution in [1.29, 1.82) is 0 Å². The quantitative estimate of drug-likeness (QED) is 0.546. The predicted octanol–water partition coefficient (Wildman–Crippen LogP) is 4.67. The van der Waals surface area contributed by atoms with Crippen LogP contribution >= 0.6 is 0 Å². The van der Waals surface area contributed by atoms with E-state index in [4.69, 9.17) is 9.47 Å². The van der Waals surface area contributed by atoms with Crippen LogP contribution in [0.15, 0.2) is 72.8 Å². The number of rotatable bonds is 8. The van der Waals surface area contributed by atoms with Crippen LogP contribution in [0.4, 0.5) is 11.4 Å². The van der Waals surface area contributed by atoms with Gasteiger partial charge in [0.25, 0.3) is 5.91 Å². The standard InChI is InChI=1S/C27H31N3O3/c1-3-33-26-19-22(9-14-25(26)32-2)27(31)28-23-10-12-24(13-11-23)30-17-15-29(16-18-30)20-21-7-5-4-6-8-21/h4-14,19H,3,15-18,20H2,1-2H3,(H,28,31). The zero-order chi connectivity index (χ0) is 23.0. The van der Waals surface area contributed by atoms with Gasteiger partial charge in [-0.15, -0.1) is 0 Å². The van der Waals surface area contributed by atoms with E-state index in [0.717, 1.165) is 38.4 Å². The third-order valence-corrected chi connectivity index (χ3v) is 5.84. The zero-order valence-corrected chi connectivity index (χ0v) is 19.3. The molecule has 0 aliphatic carbocycles. The van der Waals surface area contributed by atoms with Gasteiger partial charge in [-0.05, 0) is 55.0 Å². The first kappa shape index (κ1) is 22.7. The smallest absolute Gasteiger partial charge is 0.255 e. The summed E-state index contributed by atoms with van der Waals surface area (Å²) in [5, 5.41) is 2.97. The van der Waals surface area contributed by atoms with Crippen LogP contribution in [0, 0.1) is 0 Å². The largest absolute Gasteiger partial charge is 0.493 e. The zero-order valence-electron chi connectivity index (χ0n) is 19.3. The second kappa shape index (κ2) is 10.9. The van der Waals surface area contributed by atoms with Crippen molar-refractivity contribution in [1.82, 2.24) is 4.90 Å². The van der Waals surface area contributed by atoms with E-state index in [9.17, 15) is 4.79 Å². The van der Waals surface area contributed by atoms with Crippen LogP contribution in [-0.4, -0.2) is 50.7 Å². The van der Waals surface area contributed by atoms with Crippen LogP contribution in [0.2, 0.25) is 0 Å². The molecule has 4 rings (SSSR count). The topological polar surface area (TPSA) is 54.0 Å². The minimum absolute atomic E-state index is 0.180. The molecule has 1 amide bonds. The van der Waals surface area contributed by atoms with Crippen molar-refractivity contribution in [2.75, 3.05) is 50.1 Å². The lowest BCUT2D eigenvalue weighted by atomic mass is 10.1. The number of hydrogen-bond acceptors (Lipinski definition) is 5. The monoisotopic (exact) mass is 445 g/mol. The second-order valence-electron chi connectivity index (χ2n) is 8.05. The summed E-state index contributed by atoms with van der Waals surface area (Å²) in [6, 6.07) is 23.9. The first-order valence-corrected chi connectivity index (χ1v) is 11.4. The van der Waals surface area contributed by atoms with E-state index >= 15 is 0 Å². The van der Waals surface area contributed by atoms with Crippen molar-refractivity contribution >= 4 is 17.3 Å². The number of amides is 1. The molecular formula is C27H31N3O3. The number of ether oxygens (including phenoxy) is 2. The fraction of sp³-hybridized carbons (Fsp3) is 0.296. The Morgan fingerprint density at radius 3 is 2.30 bits per heavy atom. The van der Waals surface area contributed by atoms with Crippen molar-refractivity contribution in [2.45, 2.75) is 13.5 Å². The van der Waals surface area contributed by atoms with Crippen LogP contribution in [-0.2, 0) is 6.54 Å². The lowest BCUT2D eigenvalue weighted by molar-refractivity contribution is 0.102. The molecule has 3 aromatic rings. The van der Waals surface area contributed by atoms with Gasteiger partial charge >= 0.3 is 0 Å². The van der Waals surface area contributed by atoms with Crippen molar-refractivity contribution in [3.63, 3.8) is 0 Å². The van der Waals surface area contributed by atoms with Gasteiger partial charge in [0.05, 0.1) is 13.7 Å². The van der Waals surface area contributed by atoms with Gasteiger partial charge < -0.3 is 19.7 Å². The van der Waals surface area contributed by atoms with Gasteiger partial charge in [-0.25, -0.2) is 0 Å². The van der Waals surface area contributed by atoms with Crippen molar-refractivity contribution < 1.29 is 14.3 Å². The first-order chi connectivity index (χ1) is 16.2. The Morgan fingerprint density at radius 1 is 0.909 bits per heavy atom. The molecule has 0 saturated carbocycles. The summed E-state index contributed by atoms with van der Waals surface area (Å²) >= 11 is 0. The molecule has 0 atom stereocenters. The molecule has 0 radical (unpaired) electrons. The van der Waals surface area contributed by atoms with Crippen molar-refractivity contribution in [3.05, 3.63) is 83.9 Å². The summed E-state index contributed by atoms with van der Waals surface area (Å²) in [5.74, 6) is 0.997. The van der Waals surface area contributed by atoms with Gasteiger partial charge in [-0.3, -0.25) is 9.69 Å². The minimum atomic E-state index is -0.180. The van der Waals surface area contributed by atoms with Crippen LogP contribution in [0.5, 0.6) is 11.5 Å². The molecule has 0 unspecified atom stereocenters. The number of carbonyl (C=O) groups excluding carboxylic acids is 1. The average Bonchev–Trinajstić information content (AvgIpc) is 2.86. The maximum atomic E-state index is 12.7. The summed E-state index contributed by atoms with van der Waals surface area (Å²) in [6.45, 7) is 7.45. The lowest BCUT2D eigenvalue weighted by Crippen LogP contribution is -2.45. The fourth-order valence-electron chi connectivity index (χ4n) is 4.05. The van der Waals surface area contributed by atoms with Gasteiger partial charge in [-0.2, -0.15) is 0 Å². The Kier molecular flexibility index (Phi) is 7.47. The molecule has 1 aliphatic rings. The molecule has 0 spiro atoms. The molecule has 1 heterocycles. The summed E-state index contributed by atoms with van der Waals surface area (Å²) < 4.78 is 10.9. The van der Waals surface area contributed by atoms with Crippen LogP contribution in [0.25, 0.3) is 0 Å². The normalized spacial score (nSPS) is 14.1. The number of nitrogens with zero attached hydrogens (tertiary/aromatic N) is 2. The van der Waals surface area contributed by atoms with Gasteiger partial charge in [-0.1, -0.05) is 30.3 Å². The molecule has 1 saturated heterocycles.